The smallest absolute Gasteiger partial charge is 0.224 e. The summed E-state index contributed by atoms with van der Waals surface area (Å²) in [6.07, 6.45) is 2.15. The molecule has 0 saturated carbocycles. The Kier molecular flexibility index (Phi) is 4.67. The number of benzene rings is 2. The van der Waals surface area contributed by atoms with Gasteiger partial charge in [-0.15, -0.1) is 0 Å². The lowest BCUT2D eigenvalue weighted by Gasteiger charge is -2.05. The zero-order chi connectivity index (χ0) is 13.5. The van der Waals surface area contributed by atoms with Gasteiger partial charge in [-0.3, -0.25) is 4.79 Å². The molecule has 0 aliphatic heterocycles. The highest BCUT2D eigenvalue weighted by Crippen LogP contribution is 2.10. The molecule has 0 aliphatic carbocycles. The van der Waals surface area contributed by atoms with E-state index in [0.29, 0.717) is 12.1 Å². The van der Waals surface area contributed by atoms with E-state index in [4.69, 9.17) is 0 Å². The molecule has 2 rings (SSSR count). The van der Waals surface area contributed by atoms with Crippen molar-refractivity contribution in [2.45, 2.75) is 19.3 Å². The Balaban J connectivity index is 1.74. The van der Waals surface area contributed by atoms with Crippen LogP contribution in [0.3, 0.4) is 0 Å². The molecule has 98 valence electrons. The van der Waals surface area contributed by atoms with Crippen LogP contribution in [0, 0.1) is 5.82 Å². The van der Waals surface area contributed by atoms with E-state index >= 15 is 0 Å². The summed E-state index contributed by atoms with van der Waals surface area (Å²) in [7, 11) is 0. The Labute approximate surface area is 112 Å². The van der Waals surface area contributed by atoms with Crippen molar-refractivity contribution in [1.29, 1.82) is 0 Å². The molecular formula is C16H16FNO. The van der Waals surface area contributed by atoms with Crippen molar-refractivity contribution in [3.05, 3.63) is 66.0 Å². The average molecular weight is 257 g/mol. The zero-order valence-corrected chi connectivity index (χ0v) is 10.6. The highest BCUT2D eigenvalue weighted by molar-refractivity contribution is 5.90. The van der Waals surface area contributed by atoms with Crippen molar-refractivity contribution >= 4 is 11.6 Å². The van der Waals surface area contributed by atoms with Crippen molar-refractivity contribution in [1.82, 2.24) is 0 Å². The van der Waals surface area contributed by atoms with Gasteiger partial charge in [-0.05, 0) is 42.7 Å². The lowest BCUT2D eigenvalue weighted by Crippen LogP contribution is -2.11. The Morgan fingerprint density at radius 2 is 1.68 bits per heavy atom. The lowest BCUT2D eigenvalue weighted by atomic mass is 10.1. The van der Waals surface area contributed by atoms with E-state index in [0.717, 1.165) is 12.8 Å². The Hall–Kier alpha value is -2.16. The van der Waals surface area contributed by atoms with Gasteiger partial charge in [0.1, 0.15) is 5.82 Å². The minimum Gasteiger partial charge on any atom is -0.326 e. The summed E-state index contributed by atoms with van der Waals surface area (Å²) in [5, 5.41) is 2.75. The molecule has 0 bridgehead atoms. The van der Waals surface area contributed by atoms with Gasteiger partial charge in [-0.1, -0.05) is 30.3 Å². The molecule has 3 heteroatoms. The summed E-state index contributed by atoms with van der Waals surface area (Å²) in [6, 6.07) is 15.9. The van der Waals surface area contributed by atoms with E-state index in [1.807, 2.05) is 18.2 Å². The number of hydrogen-bond acceptors (Lipinski definition) is 1. The lowest BCUT2D eigenvalue weighted by molar-refractivity contribution is -0.116. The first-order valence-corrected chi connectivity index (χ1v) is 6.33. The van der Waals surface area contributed by atoms with E-state index in [9.17, 15) is 9.18 Å². The predicted molar refractivity (Wildman–Crippen MR) is 74.4 cm³/mol. The molecule has 0 spiro atoms. The van der Waals surface area contributed by atoms with E-state index < -0.39 is 0 Å². The molecule has 0 aromatic heterocycles. The molecule has 2 aromatic carbocycles. The fourth-order valence-electron chi connectivity index (χ4n) is 1.85. The molecular weight excluding hydrogens is 241 g/mol. The van der Waals surface area contributed by atoms with E-state index in [2.05, 4.69) is 17.4 Å². The van der Waals surface area contributed by atoms with Gasteiger partial charge in [0, 0.05) is 12.1 Å². The Bertz CT molecular complexity index is 522. The van der Waals surface area contributed by atoms with Crippen LogP contribution in [0.25, 0.3) is 0 Å². The maximum Gasteiger partial charge on any atom is 0.224 e. The van der Waals surface area contributed by atoms with Crippen molar-refractivity contribution in [2.24, 2.45) is 0 Å². The molecule has 0 saturated heterocycles. The van der Waals surface area contributed by atoms with Crippen LogP contribution in [0.15, 0.2) is 54.6 Å². The maximum atomic E-state index is 12.7. The topological polar surface area (TPSA) is 29.1 Å². The maximum absolute atomic E-state index is 12.7. The van der Waals surface area contributed by atoms with Crippen LogP contribution < -0.4 is 5.32 Å². The van der Waals surface area contributed by atoms with Crippen LogP contribution in [0.5, 0.6) is 0 Å². The second kappa shape index (κ2) is 6.69. The van der Waals surface area contributed by atoms with Crippen LogP contribution in [-0.4, -0.2) is 5.91 Å². The summed E-state index contributed by atoms with van der Waals surface area (Å²) < 4.78 is 12.7. The van der Waals surface area contributed by atoms with Gasteiger partial charge in [-0.25, -0.2) is 4.39 Å². The van der Waals surface area contributed by atoms with Crippen LogP contribution in [0.2, 0.25) is 0 Å². The molecule has 0 fully saturated rings. The minimum atomic E-state index is -0.304. The van der Waals surface area contributed by atoms with E-state index in [1.165, 1.54) is 17.7 Å². The van der Waals surface area contributed by atoms with Gasteiger partial charge in [-0.2, -0.15) is 0 Å². The monoisotopic (exact) mass is 257 g/mol. The largest absolute Gasteiger partial charge is 0.326 e. The van der Waals surface area contributed by atoms with Gasteiger partial charge in [0.25, 0.3) is 0 Å². The molecule has 1 amide bonds. The third-order valence-electron chi connectivity index (χ3n) is 2.84. The summed E-state index contributed by atoms with van der Waals surface area (Å²) in [5.41, 5.74) is 1.86. The number of hydrogen-bond donors (Lipinski definition) is 1. The van der Waals surface area contributed by atoms with Crippen LogP contribution in [-0.2, 0) is 11.2 Å². The Morgan fingerprint density at radius 1 is 1.00 bits per heavy atom. The summed E-state index contributed by atoms with van der Waals surface area (Å²) >= 11 is 0. The summed E-state index contributed by atoms with van der Waals surface area (Å²) in [4.78, 5) is 11.7. The number of carbonyl (C=O) groups is 1. The SMILES string of the molecule is O=C(CCCc1ccccc1)Nc1ccc(F)cc1. The van der Waals surface area contributed by atoms with E-state index in [1.54, 1.807) is 12.1 Å². The van der Waals surface area contributed by atoms with Gasteiger partial charge in [0.15, 0.2) is 0 Å². The number of amides is 1. The second-order valence-electron chi connectivity index (χ2n) is 4.39. The first kappa shape index (κ1) is 13.3. The van der Waals surface area contributed by atoms with Crippen LogP contribution in [0.4, 0.5) is 10.1 Å². The molecule has 0 atom stereocenters. The van der Waals surface area contributed by atoms with Gasteiger partial charge in [0.05, 0.1) is 0 Å². The highest BCUT2D eigenvalue weighted by Gasteiger charge is 2.02. The number of nitrogens with one attached hydrogen (secondary N) is 1. The Morgan fingerprint density at radius 3 is 2.37 bits per heavy atom. The van der Waals surface area contributed by atoms with Gasteiger partial charge < -0.3 is 5.32 Å². The van der Waals surface area contributed by atoms with Crippen molar-refractivity contribution in [2.75, 3.05) is 5.32 Å². The zero-order valence-electron chi connectivity index (χ0n) is 10.6. The number of anilines is 1. The number of halogens is 1. The fourth-order valence-corrected chi connectivity index (χ4v) is 1.85. The molecule has 0 aliphatic rings. The third kappa shape index (κ3) is 4.54. The molecule has 1 N–H and O–H groups in total. The quantitative estimate of drug-likeness (QED) is 0.867. The third-order valence-corrected chi connectivity index (χ3v) is 2.84. The number of carbonyl (C=O) groups excluding carboxylic acids is 1. The first-order valence-electron chi connectivity index (χ1n) is 6.33. The standard InChI is InChI=1S/C16H16FNO/c17-14-9-11-15(12-10-14)18-16(19)8-4-7-13-5-2-1-3-6-13/h1-3,5-6,9-12H,4,7-8H2,(H,18,19). The molecule has 0 unspecified atom stereocenters. The van der Waals surface area contributed by atoms with E-state index in [-0.39, 0.29) is 11.7 Å². The highest BCUT2D eigenvalue weighted by atomic mass is 19.1. The number of aryl methyl sites for hydroxylation is 1. The fraction of sp³-hybridized carbons (Fsp3) is 0.188. The molecule has 19 heavy (non-hydrogen) atoms. The second-order valence-corrected chi connectivity index (χ2v) is 4.39. The average Bonchev–Trinajstić information content (AvgIpc) is 2.43. The normalized spacial score (nSPS) is 10.2. The van der Waals surface area contributed by atoms with Gasteiger partial charge >= 0.3 is 0 Å². The summed E-state index contributed by atoms with van der Waals surface area (Å²) in [5.74, 6) is -0.343. The molecule has 0 heterocycles. The number of rotatable bonds is 5. The van der Waals surface area contributed by atoms with Crippen LogP contribution in [0.1, 0.15) is 18.4 Å². The van der Waals surface area contributed by atoms with Gasteiger partial charge in [0.2, 0.25) is 5.91 Å². The molecule has 2 aromatic rings. The van der Waals surface area contributed by atoms with Crippen molar-refractivity contribution in [3.63, 3.8) is 0 Å². The predicted octanol–water partition coefficient (Wildman–Crippen LogP) is 3.79. The van der Waals surface area contributed by atoms with Crippen molar-refractivity contribution in [3.8, 4) is 0 Å². The first-order chi connectivity index (χ1) is 9.24. The summed E-state index contributed by atoms with van der Waals surface area (Å²) in [6.45, 7) is 0. The molecule has 2 nitrogen and oxygen atoms in total. The minimum absolute atomic E-state index is 0.0393. The van der Waals surface area contributed by atoms with Crippen LogP contribution >= 0.6 is 0 Å². The molecule has 0 radical (unpaired) electrons. The van der Waals surface area contributed by atoms with Crippen molar-refractivity contribution < 1.29 is 9.18 Å².